The molecule has 1 N–H and O–H groups in total. The Morgan fingerprint density at radius 2 is 1.81 bits per heavy atom. The molecule has 0 aliphatic carbocycles. The molecule has 0 amide bonds. The number of aromatic nitrogens is 3. The molecule has 32 heavy (non-hydrogen) atoms. The summed E-state index contributed by atoms with van der Waals surface area (Å²) >= 11 is 17.9. The molecule has 1 aliphatic rings. The summed E-state index contributed by atoms with van der Waals surface area (Å²) in [7, 11) is 0. The Labute approximate surface area is 204 Å². The third-order valence-corrected chi connectivity index (χ3v) is 6.82. The van der Waals surface area contributed by atoms with Crippen molar-refractivity contribution in [3.8, 4) is 0 Å². The number of benzene rings is 1. The Hall–Kier alpha value is -2.19. The third kappa shape index (κ3) is 5.41. The second kappa shape index (κ2) is 10.2. The first-order valence-corrected chi connectivity index (χ1v) is 11.7. The van der Waals surface area contributed by atoms with E-state index in [0.717, 1.165) is 60.5 Å². The molecular weight excluding hydrogens is 463 g/mol. The van der Waals surface area contributed by atoms with E-state index in [1.165, 1.54) is 5.56 Å². The summed E-state index contributed by atoms with van der Waals surface area (Å²) in [4.78, 5) is 8.86. The van der Waals surface area contributed by atoms with Crippen LogP contribution in [-0.4, -0.2) is 55.9 Å². The molecule has 0 radical (unpaired) electrons. The van der Waals surface area contributed by atoms with E-state index < -0.39 is 0 Å². The second-order valence-corrected chi connectivity index (χ2v) is 9.21. The fourth-order valence-electron chi connectivity index (χ4n) is 3.89. The fourth-order valence-corrected chi connectivity index (χ4v) is 4.49. The van der Waals surface area contributed by atoms with Crippen molar-refractivity contribution >= 4 is 46.2 Å². The smallest absolute Gasteiger partial charge is 0.173 e. The highest BCUT2D eigenvalue weighted by Gasteiger charge is 2.21. The predicted molar refractivity (Wildman–Crippen MR) is 135 cm³/mol. The van der Waals surface area contributed by atoms with E-state index in [1.54, 1.807) is 0 Å². The van der Waals surface area contributed by atoms with Crippen LogP contribution in [0.2, 0.25) is 10.0 Å². The summed E-state index contributed by atoms with van der Waals surface area (Å²) in [5, 5.41) is 9.98. The quantitative estimate of drug-likeness (QED) is 0.522. The standard InChI is InChI=1S/C23H26Cl2N6S/c1-16-22(17(2)31(28-16)15-18-5-6-20(24)21(25)12-18)27-23(32)30-10-8-29(9-11-30)14-19-4-3-7-26-13-19/h3-7,12-13H,8-11,14-15H2,1-2H3,(H,27,32). The van der Waals surface area contributed by atoms with Gasteiger partial charge >= 0.3 is 0 Å². The van der Waals surface area contributed by atoms with Gasteiger partial charge in [0.25, 0.3) is 0 Å². The number of rotatable bonds is 5. The minimum Gasteiger partial charge on any atom is -0.346 e. The number of hydrogen-bond acceptors (Lipinski definition) is 4. The zero-order valence-corrected chi connectivity index (χ0v) is 20.5. The fraction of sp³-hybridized carbons (Fsp3) is 0.348. The first kappa shape index (κ1) is 23.0. The number of thiocarbonyl (C=S) groups is 1. The SMILES string of the molecule is Cc1nn(Cc2ccc(Cl)c(Cl)c2)c(C)c1NC(=S)N1CCN(Cc2cccnc2)CC1. The van der Waals surface area contributed by atoms with E-state index in [4.69, 9.17) is 40.5 Å². The van der Waals surface area contributed by atoms with Crippen LogP contribution in [0.4, 0.5) is 5.69 Å². The van der Waals surface area contributed by atoms with E-state index in [9.17, 15) is 0 Å². The van der Waals surface area contributed by atoms with Crippen LogP contribution in [0.25, 0.3) is 0 Å². The molecule has 168 valence electrons. The lowest BCUT2D eigenvalue weighted by atomic mass is 10.2. The molecule has 3 heterocycles. The van der Waals surface area contributed by atoms with Gasteiger partial charge in [-0.3, -0.25) is 14.6 Å². The molecule has 6 nitrogen and oxygen atoms in total. The second-order valence-electron chi connectivity index (χ2n) is 8.01. The number of aryl methyl sites for hydroxylation is 1. The minimum atomic E-state index is 0.549. The van der Waals surface area contributed by atoms with Crippen molar-refractivity contribution in [2.75, 3.05) is 31.5 Å². The number of halogens is 2. The summed E-state index contributed by atoms with van der Waals surface area (Å²) in [5.41, 5.74) is 5.20. The van der Waals surface area contributed by atoms with Gasteiger partial charge in [0.15, 0.2) is 5.11 Å². The van der Waals surface area contributed by atoms with Crippen molar-refractivity contribution in [1.82, 2.24) is 24.6 Å². The summed E-state index contributed by atoms with van der Waals surface area (Å²) < 4.78 is 1.96. The van der Waals surface area contributed by atoms with Gasteiger partial charge in [-0.15, -0.1) is 0 Å². The number of hydrogen-bond donors (Lipinski definition) is 1. The highest BCUT2D eigenvalue weighted by atomic mass is 35.5. The van der Waals surface area contributed by atoms with Crippen molar-refractivity contribution in [3.63, 3.8) is 0 Å². The normalized spacial score (nSPS) is 14.6. The Morgan fingerprint density at radius 3 is 2.50 bits per heavy atom. The third-order valence-electron chi connectivity index (χ3n) is 5.72. The molecule has 1 saturated heterocycles. The summed E-state index contributed by atoms with van der Waals surface area (Å²) in [6.45, 7) is 9.29. The van der Waals surface area contributed by atoms with Gasteiger partial charge in [0.05, 0.1) is 33.7 Å². The summed E-state index contributed by atoms with van der Waals surface area (Å²) in [6.07, 6.45) is 3.74. The van der Waals surface area contributed by atoms with Gasteiger partial charge in [0.2, 0.25) is 0 Å². The molecule has 0 saturated carbocycles. The van der Waals surface area contributed by atoms with Crippen LogP contribution < -0.4 is 5.32 Å². The molecular formula is C23H26Cl2N6S. The first-order chi connectivity index (χ1) is 15.4. The lowest BCUT2D eigenvalue weighted by Gasteiger charge is -2.36. The van der Waals surface area contributed by atoms with Crippen LogP contribution in [0.15, 0.2) is 42.7 Å². The maximum Gasteiger partial charge on any atom is 0.173 e. The van der Waals surface area contributed by atoms with Gasteiger partial charge in [-0.2, -0.15) is 5.10 Å². The van der Waals surface area contributed by atoms with Crippen molar-refractivity contribution in [2.45, 2.75) is 26.9 Å². The molecule has 1 aromatic carbocycles. The minimum absolute atomic E-state index is 0.549. The average Bonchev–Trinajstić information content (AvgIpc) is 3.05. The zero-order valence-electron chi connectivity index (χ0n) is 18.2. The molecule has 9 heteroatoms. The van der Waals surface area contributed by atoms with Gasteiger partial charge in [0.1, 0.15) is 0 Å². The van der Waals surface area contributed by atoms with Gasteiger partial charge in [0, 0.05) is 45.1 Å². The lowest BCUT2D eigenvalue weighted by Crippen LogP contribution is -2.49. The Kier molecular flexibility index (Phi) is 7.30. The largest absolute Gasteiger partial charge is 0.346 e. The van der Waals surface area contributed by atoms with E-state index in [-0.39, 0.29) is 0 Å². The average molecular weight is 489 g/mol. The molecule has 0 spiro atoms. The summed E-state index contributed by atoms with van der Waals surface area (Å²) in [6, 6.07) is 9.76. The van der Waals surface area contributed by atoms with Crippen LogP contribution in [0.3, 0.4) is 0 Å². The van der Waals surface area contributed by atoms with Crippen molar-refractivity contribution in [2.24, 2.45) is 0 Å². The Balaban J connectivity index is 1.36. The van der Waals surface area contributed by atoms with Crippen LogP contribution in [-0.2, 0) is 13.1 Å². The lowest BCUT2D eigenvalue weighted by molar-refractivity contribution is 0.177. The molecule has 3 aromatic rings. The molecule has 2 aromatic heterocycles. The Morgan fingerprint density at radius 1 is 1.03 bits per heavy atom. The predicted octanol–water partition coefficient (Wildman–Crippen LogP) is 4.76. The van der Waals surface area contributed by atoms with Crippen molar-refractivity contribution in [1.29, 1.82) is 0 Å². The first-order valence-electron chi connectivity index (χ1n) is 10.6. The maximum atomic E-state index is 6.16. The molecule has 0 atom stereocenters. The van der Waals surface area contributed by atoms with Gasteiger partial charge in [-0.25, -0.2) is 0 Å². The number of pyridine rings is 1. The highest BCUT2D eigenvalue weighted by molar-refractivity contribution is 7.80. The van der Waals surface area contributed by atoms with Crippen LogP contribution in [0, 0.1) is 13.8 Å². The Bertz CT molecular complexity index is 1090. The van der Waals surface area contributed by atoms with Gasteiger partial charge in [-0.1, -0.05) is 35.3 Å². The summed E-state index contributed by atoms with van der Waals surface area (Å²) in [5.74, 6) is 0. The van der Waals surface area contributed by atoms with Crippen molar-refractivity contribution in [3.05, 3.63) is 75.3 Å². The van der Waals surface area contributed by atoms with Gasteiger partial charge < -0.3 is 10.2 Å². The van der Waals surface area contributed by atoms with Gasteiger partial charge in [-0.05, 0) is 55.4 Å². The van der Waals surface area contributed by atoms with E-state index >= 15 is 0 Å². The molecule has 1 fully saturated rings. The number of nitrogens with one attached hydrogen (secondary N) is 1. The number of piperazine rings is 1. The van der Waals surface area contributed by atoms with E-state index in [0.29, 0.717) is 16.6 Å². The molecule has 1 aliphatic heterocycles. The highest BCUT2D eigenvalue weighted by Crippen LogP contribution is 2.25. The molecule has 0 bridgehead atoms. The molecule has 4 rings (SSSR count). The number of anilines is 1. The topological polar surface area (TPSA) is 49.2 Å². The zero-order chi connectivity index (χ0) is 22.7. The van der Waals surface area contributed by atoms with E-state index in [2.05, 4.69) is 26.2 Å². The number of nitrogens with zero attached hydrogens (tertiary/aromatic N) is 5. The maximum absolute atomic E-state index is 6.16. The van der Waals surface area contributed by atoms with Crippen LogP contribution >= 0.6 is 35.4 Å². The van der Waals surface area contributed by atoms with Crippen LogP contribution in [0.5, 0.6) is 0 Å². The van der Waals surface area contributed by atoms with Crippen molar-refractivity contribution < 1.29 is 0 Å². The van der Waals surface area contributed by atoms with E-state index in [1.807, 2.05) is 55.2 Å². The molecule has 0 unspecified atom stereocenters. The monoisotopic (exact) mass is 488 g/mol. The van der Waals surface area contributed by atoms with Crippen LogP contribution in [0.1, 0.15) is 22.5 Å².